The largest absolute Gasteiger partial charge is 0.285 e. The van der Waals surface area contributed by atoms with E-state index in [1.807, 2.05) is 0 Å². The Hall–Kier alpha value is -2.95. The quantitative estimate of drug-likeness (QED) is 0.693. The summed E-state index contributed by atoms with van der Waals surface area (Å²) in [6.45, 7) is 0. The Morgan fingerprint density at radius 2 is 1.73 bits per heavy atom. The predicted octanol–water partition coefficient (Wildman–Crippen LogP) is 3.65. The Balaban J connectivity index is 2.01. The third-order valence-corrected chi connectivity index (χ3v) is 3.09. The zero-order valence-corrected chi connectivity index (χ0v) is 11.3. The van der Waals surface area contributed by atoms with Gasteiger partial charge in [-0.1, -0.05) is 12.1 Å². The SMILES string of the molecule is O=C(c1ccccn1)c1cccc(-c2ccc(F)cc2F)n1. The van der Waals surface area contributed by atoms with Crippen molar-refractivity contribution in [1.29, 1.82) is 0 Å². The number of rotatable bonds is 3. The van der Waals surface area contributed by atoms with Gasteiger partial charge in [0.15, 0.2) is 0 Å². The smallest absolute Gasteiger partial charge is 0.229 e. The molecule has 2 heterocycles. The summed E-state index contributed by atoms with van der Waals surface area (Å²) in [6, 6.07) is 12.9. The lowest BCUT2D eigenvalue weighted by Gasteiger charge is -2.05. The summed E-state index contributed by atoms with van der Waals surface area (Å²) in [5, 5.41) is 0. The molecule has 0 fully saturated rings. The Labute approximate surface area is 125 Å². The predicted molar refractivity (Wildman–Crippen MR) is 77.3 cm³/mol. The molecule has 3 aromatic rings. The molecule has 3 nitrogen and oxygen atoms in total. The molecule has 0 N–H and O–H groups in total. The van der Waals surface area contributed by atoms with Crippen LogP contribution in [0.2, 0.25) is 0 Å². The lowest BCUT2D eigenvalue weighted by molar-refractivity contribution is 0.103. The summed E-state index contributed by atoms with van der Waals surface area (Å²) in [7, 11) is 0. The zero-order valence-electron chi connectivity index (χ0n) is 11.3. The minimum Gasteiger partial charge on any atom is -0.285 e. The van der Waals surface area contributed by atoms with Gasteiger partial charge in [0.05, 0.1) is 5.69 Å². The summed E-state index contributed by atoms with van der Waals surface area (Å²) < 4.78 is 26.8. The highest BCUT2D eigenvalue weighted by Crippen LogP contribution is 2.22. The zero-order chi connectivity index (χ0) is 15.5. The van der Waals surface area contributed by atoms with Gasteiger partial charge < -0.3 is 0 Å². The maximum absolute atomic E-state index is 13.8. The molecule has 0 atom stereocenters. The molecule has 0 unspecified atom stereocenters. The number of hydrogen-bond acceptors (Lipinski definition) is 3. The van der Waals surface area contributed by atoms with Crippen LogP contribution in [-0.4, -0.2) is 15.8 Å². The number of hydrogen-bond donors (Lipinski definition) is 0. The third kappa shape index (κ3) is 2.74. The highest BCUT2D eigenvalue weighted by Gasteiger charge is 2.14. The van der Waals surface area contributed by atoms with Gasteiger partial charge in [-0.3, -0.25) is 9.78 Å². The van der Waals surface area contributed by atoms with E-state index in [2.05, 4.69) is 9.97 Å². The van der Waals surface area contributed by atoms with Crippen LogP contribution in [0.25, 0.3) is 11.3 Å². The van der Waals surface area contributed by atoms with E-state index in [9.17, 15) is 13.6 Å². The van der Waals surface area contributed by atoms with E-state index in [4.69, 9.17) is 0 Å². The summed E-state index contributed by atoms with van der Waals surface area (Å²) >= 11 is 0. The number of carbonyl (C=O) groups is 1. The molecule has 0 spiro atoms. The van der Waals surface area contributed by atoms with Gasteiger partial charge in [0.25, 0.3) is 0 Å². The van der Waals surface area contributed by atoms with E-state index in [-0.39, 0.29) is 28.4 Å². The van der Waals surface area contributed by atoms with E-state index in [0.29, 0.717) is 0 Å². The molecule has 0 aliphatic heterocycles. The normalized spacial score (nSPS) is 10.5. The number of aromatic nitrogens is 2. The highest BCUT2D eigenvalue weighted by molar-refractivity contribution is 6.06. The van der Waals surface area contributed by atoms with Crippen molar-refractivity contribution < 1.29 is 13.6 Å². The van der Waals surface area contributed by atoms with E-state index >= 15 is 0 Å². The van der Waals surface area contributed by atoms with E-state index < -0.39 is 11.6 Å². The summed E-state index contributed by atoms with van der Waals surface area (Å²) in [4.78, 5) is 20.4. The molecule has 0 radical (unpaired) electrons. The van der Waals surface area contributed by atoms with E-state index in [0.717, 1.165) is 12.1 Å². The van der Waals surface area contributed by atoms with Crippen LogP contribution >= 0.6 is 0 Å². The molecule has 0 aliphatic carbocycles. The minimum atomic E-state index is -0.727. The molecule has 0 aliphatic rings. The van der Waals surface area contributed by atoms with Crippen LogP contribution in [-0.2, 0) is 0 Å². The second-order valence-corrected chi connectivity index (χ2v) is 4.58. The standard InChI is InChI=1S/C17H10F2N2O/c18-11-7-8-12(13(19)10-11)14-5-3-6-16(21-14)17(22)15-4-1-2-9-20-15/h1-10H. The van der Waals surface area contributed by atoms with Crippen LogP contribution in [0.5, 0.6) is 0 Å². The van der Waals surface area contributed by atoms with Gasteiger partial charge in [-0.2, -0.15) is 0 Å². The van der Waals surface area contributed by atoms with Gasteiger partial charge in [0, 0.05) is 17.8 Å². The summed E-state index contributed by atoms with van der Waals surface area (Å²) in [5.41, 5.74) is 0.808. The van der Waals surface area contributed by atoms with Gasteiger partial charge in [0.1, 0.15) is 23.0 Å². The summed E-state index contributed by atoms with van der Waals surface area (Å²) in [6.07, 6.45) is 1.51. The maximum atomic E-state index is 13.8. The monoisotopic (exact) mass is 296 g/mol. The topological polar surface area (TPSA) is 42.9 Å². The van der Waals surface area contributed by atoms with E-state index in [1.54, 1.807) is 30.3 Å². The lowest BCUT2D eigenvalue weighted by atomic mass is 10.1. The molecule has 0 bridgehead atoms. The Bertz CT molecular complexity index is 835. The average molecular weight is 296 g/mol. The Morgan fingerprint density at radius 1 is 0.909 bits per heavy atom. The molecule has 0 amide bonds. The Kier molecular flexibility index (Phi) is 3.70. The van der Waals surface area contributed by atoms with E-state index in [1.165, 1.54) is 18.3 Å². The summed E-state index contributed by atoms with van der Waals surface area (Å²) in [5.74, 6) is -1.75. The first-order valence-corrected chi connectivity index (χ1v) is 6.53. The number of ketones is 1. The van der Waals surface area contributed by atoms with Crippen molar-refractivity contribution >= 4 is 5.78 Å². The van der Waals surface area contributed by atoms with Crippen molar-refractivity contribution in [2.45, 2.75) is 0 Å². The van der Waals surface area contributed by atoms with Gasteiger partial charge in [-0.05, 0) is 36.4 Å². The second-order valence-electron chi connectivity index (χ2n) is 4.58. The first kappa shape index (κ1) is 14.0. The van der Waals surface area contributed by atoms with Crippen LogP contribution in [0.4, 0.5) is 8.78 Å². The molecule has 3 rings (SSSR count). The fourth-order valence-electron chi connectivity index (χ4n) is 2.04. The third-order valence-electron chi connectivity index (χ3n) is 3.09. The van der Waals surface area contributed by atoms with Crippen molar-refractivity contribution in [3.8, 4) is 11.3 Å². The van der Waals surface area contributed by atoms with Crippen molar-refractivity contribution in [1.82, 2.24) is 9.97 Å². The van der Waals surface area contributed by atoms with Crippen LogP contribution in [0.15, 0.2) is 60.8 Å². The minimum absolute atomic E-state index is 0.136. The number of carbonyl (C=O) groups excluding carboxylic acids is 1. The fraction of sp³-hybridized carbons (Fsp3) is 0. The number of halogens is 2. The molecule has 22 heavy (non-hydrogen) atoms. The Morgan fingerprint density at radius 3 is 2.45 bits per heavy atom. The second kappa shape index (κ2) is 5.81. The number of pyridine rings is 2. The molecular formula is C17H10F2N2O. The maximum Gasteiger partial charge on any atom is 0.229 e. The van der Waals surface area contributed by atoms with Crippen LogP contribution in [0.3, 0.4) is 0 Å². The number of benzene rings is 1. The van der Waals surface area contributed by atoms with Gasteiger partial charge in [0.2, 0.25) is 5.78 Å². The van der Waals surface area contributed by atoms with Crippen LogP contribution < -0.4 is 0 Å². The molecule has 2 aromatic heterocycles. The fourth-order valence-corrected chi connectivity index (χ4v) is 2.04. The van der Waals surface area contributed by atoms with Crippen LogP contribution in [0.1, 0.15) is 16.2 Å². The average Bonchev–Trinajstić information content (AvgIpc) is 2.55. The van der Waals surface area contributed by atoms with Crippen LogP contribution in [0, 0.1) is 11.6 Å². The molecule has 0 saturated heterocycles. The first-order valence-electron chi connectivity index (χ1n) is 6.53. The highest BCUT2D eigenvalue weighted by atomic mass is 19.1. The van der Waals surface area contributed by atoms with Crippen molar-refractivity contribution in [2.24, 2.45) is 0 Å². The van der Waals surface area contributed by atoms with Gasteiger partial charge >= 0.3 is 0 Å². The first-order chi connectivity index (χ1) is 10.6. The van der Waals surface area contributed by atoms with Crippen molar-refractivity contribution in [2.75, 3.05) is 0 Å². The lowest BCUT2D eigenvalue weighted by Crippen LogP contribution is -2.06. The van der Waals surface area contributed by atoms with Crippen molar-refractivity contribution in [3.05, 3.63) is 83.8 Å². The van der Waals surface area contributed by atoms with Crippen molar-refractivity contribution in [3.63, 3.8) is 0 Å². The molecule has 1 aromatic carbocycles. The molecular weight excluding hydrogens is 286 g/mol. The van der Waals surface area contributed by atoms with Gasteiger partial charge in [-0.15, -0.1) is 0 Å². The molecule has 0 saturated carbocycles. The molecule has 108 valence electrons. The molecule has 5 heteroatoms. The number of nitrogens with zero attached hydrogens (tertiary/aromatic N) is 2. The van der Waals surface area contributed by atoms with Gasteiger partial charge in [-0.25, -0.2) is 13.8 Å².